The highest BCUT2D eigenvalue weighted by atomic mass is 79.9. The van der Waals surface area contributed by atoms with Gasteiger partial charge in [0.25, 0.3) is 0 Å². The molecule has 0 bridgehead atoms. The molecule has 0 spiro atoms. The molecule has 5 heteroatoms. The molecule has 0 aliphatic carbocycles. The normalized spacial score (nSPS) is 10.9. The average Bonchev–Trinajstić information content (AvgIpc) is 2.37. The molecule has 0 atom stereocenters. The first-order chi connectivity index (χ1) is 9.04. The molecule has 0 fully saturated rings. The second kappa shape index (κ2) is 7.96. The van der Waals surface area contributed by atoms with Crippen molar-refractivity contribution in [2.45, 2.75) is 6.92 Å². The maximum atomic E-state index is 10.5. The van der Waals surface area contributed by atoms with Crippen molar-refractivity contribution < 1.29 is 14.6 Å². The Bertz CT molecular complexity index is 460. The van der Waals surface area contributed by atoms with Crippen molar-refractivity contribution in [3.8, 4) is 0 Å². The summed E-state index contributed by atoms with van der Waals surface area (Å²) in [4.78, 5) is 12.6. The van der Waals surface area contributed by atoms with E-state index >= 15 is 0 Å². The second-order valence-corrected chi connectivity index (χ2v) is 4.85. The number of rotatable bonds is 7. The van der Waals surface area contributed by atoms with Crippen LogP contribution in [0, 0.1) is 0 Å². The van der Waals surface area contributed by atoms with E-state index < -0.39 is 5.97 Å². The Kier molecular flexibility index (Phi) is 6.59. The molecule has 0 heterocycles. The third-order valence-corrected chi connectivity index (χ3v) is 3.29. The predicted octanol–water partition coefficient (Wildman–Crippen LogP) is 3.02. The third kappa shape index (κ3) is 5.44. The van der Waals surface area contributed by atoms with Gasteiger partial charge in [0.1, 0.15) is 0 Å². The first kappa shape index (κ1) is 15.7. The van der Waals surface area contributed by atoms with Crippen LogP contribution in [0.1, 0.15) is 12.5 Å². The van der Waals surface area contributed by atoms with Crippen LogP contribution in [0.3, 0.4) is 0 Å². The Morgan fingerprint density at radius 2 is 2.26 bits per heavy atom. The average molecular weight is 328 g/mol. The summed E-state index contributed by atoms with van der Waals surface area (Å²) in [6.07, 6.45) is 2.69. The fraction of sp³-hybridized carbons (Fsp3) is 0.357. The minimum absolute atomic E-state index is 0.686. The van der Waals surface area contributed by atoms with Crippen molar-refractivity contribution >= 4 is 33.7 Å². The van der Waals surface area contributed by atoms with Crippen molar-refractivity contribution in [2.24, 2.45) is 0 Å². The summed E-state index contributed by atoms with van der Waals surface area (Å²) in [7, 11) is 1.99. The molecular weight excluding hydrogens is 310 g/mol. The van der Waals surface area contributed by atoms with Crippen LogP contribution >= 0.6 is 15.9 Å². The van der Waals surface area contributed by atoms with Crippen molar-refractivity contribution in [1.29, 1.82) is 0 Å². The number of hydrogen-bond donors (Lipinski definition) is 1. The van der Waals surface area contributed by atoms with Crippen LogP contribution in [0.25, 0.3) is 6.08 Å². The number of anilines is 1. The highest BCUT2D eigenvalue weighted by Gasteiger charge is 2.04. The van der Waals surface area contributed by atoms with Gasteiger partial charge in [0.05, 0.1) is 6.61 Å². The number of likely N-dealkylation sites (N-methyl/N-ethyl adjacent to an activating group) is 1. The van der Waals surface area contributed by atoms with Gasteiger partial charge >= 0.3 is 5.97 Å². The molecule has 0 aromatic heterocycles. The summed E-state index contributed by atoms with van der Waals surface area (Å²) in [5, 5.41) is 8.60. The van der Waals surface area contributed by atoms with E-state index in [1.54, 1.807) is 6.08 Å². The molecule has 0 saturated carbocycles. The Morgan fingerprint density at radius 3 is 2.84 bits per heavy atom. The van der Waals surface area contributed by atoms with Crippen LogP contribution < -0.4 is 4.90 Å². The van der Waals surface area contributed by atoms with Gasteiger partial charge in [-0.3, -0.25) is 0 Å². The van der Waals surface area contributed by atoms with E-state index in [1.165, 1.54) is 0 Å². The zero-order valence-electron chi connectivity index (χ0n) is 11.1. The lowest BCUT2D eigenvalue weighted by molar-refractivity contribution is -0.131. The van der Waals surface area contributed by atoms with Gasteiger partial charge in [0.2, 0.25) is 0 Å². The molecule has 19 heavy (non-hydrogen) atoms. The molecule has 0 aliphatic rings. The van der Waals surface area contributed by atoms with E-state index in [-0.39, 0.29) is 0 Å². The Balaban J connectivity index is 2.73. The van der Waals surface area contributed by atoms with Gasteiger partial charge in [0, 0.05) is 36.4 Å². The van der Waals surface area contributed by atoms with E-state index in [1.807, 2.05) is 32.2 Å². The summed E-state index contributed by atoms with van der Waals surface area (Å²) in [5.74, 6) is -0.954. The number of benzene rings is 1. The van der Waals surface area contributed by atoms with Gasteiger partial charge in [-0.05, 0) is 30.7 Å². The quantitative estimate of drug-likeness (QED) is 0.617. The van der Waals surface area contributed by atoms with Crippen molar-refractivity contribution in [1.82, 2.24) is 0 Å². The molecule has 0 amide bonds. The monoisotopic (exact) mass is 327 g/mol. The number of carboxylic acid groups (broad SMARTS) is 1. The SMILES string of the molecule is CCOCCN(C)c1ccc(/C=C/C(=O)O)c(Br)c1. The number of carboxylic acids is 1. The fourth-order valence-corrected chi connectivity index (χ4v) is 2.02. The van der Waals surface area contributed by atoms with Crippen LogP contribution in [0.2, 0.25) is 0 Å². The number of nitrogens with zero attached hydrogens (tertiary/aromatic N) is 1. The van der Waals surface area contributed by atoms with Crippen LogP contribution in [-0.4, -0.2) is 37.9 Å². The molecule has 104 valence electrons. The lowest BCUT2D eigenvalue weighted by Crippen LogP contribution is -2.22. The first-order valence-electron chi connectivity index (χ1n) is 6.04. The standard InChI is InChI=1S/C14H18BrNO3/c1-3-19-9-8-16(2)12-6-4-11(13(15)10-12)5-7-14(17)18/h4-7,10H,3,8-9H2,1-2H3,(H,17,18)/b7-5+. The summed E-state index contributed by atoms with van der Waals surface area (Å²) < 4.78 is 6.18. The highest BCUT2D eigenvalue weighted by Crippen LogP contribution is 2.24. The molecule has 0 aliphatic heterocycles. The molecule has 1 rings (SSSR count). The van der Waals surface area contributed by atoms with Gasteiger partial charge in [-0.15, -0.1) is 0 Å². The lowest BCUT2D eigenvalue weighted by Gasteiger charge is -2.19. The van der Waals surface area contributed by atoms with E-state index in [0.717, 1.165) is 35.0 Å². The van der Waals surface area contributed by atoms with E-state index in [9.17, 15) is 4.79 Å². The number of halogens is 1. The Labute approximate surface area is 121 Å². The van der Waals surface area contributed by atoms with Crippen LogP contribution in [0.5, 0.6) is 0 Å². The zero-order chi connectivity index (χ0) is 14.3. The van der Waals surface area contributed by atoms with Crippen molar-refractivity contribution in [2.75, 3.05) is 31.7 Å². The number of aliphatic carboxylic acids is 1. The number of hydrogen-bond acceptors (Lipinski definition) is 3. The maximum Gasteiger partial charge on any atom is 0.328 e. The van der Waals surface area contributed by atoms with E-state index in [4.69, 9.17) is 9.84 Å². The fourth-order valence-electron chi connectivity index (χ4n) is 1.52. The smallest absolute Gasteiger partial charge is 0.328 e. The third-order valence-electron chi connectivity index (χ3n) is 2.61. The summed E-state index contributed by atoms with van der Waals surface area (Å²) in [6, 6.07) is 5.81. The lowest BCUT2D eigenvalue weighted by atomic mass is 10.2. The topological polar surface area (TPSA) is 49.8 Å². The van der Waals surface area contributed by atoms with Crippen LogP contribution in [0.15, 0.2) is 28.7 Å². The summed E-state index contributed by atoms with van der Waals surface area (Å²) in [5.41, 5.74) is 1.89. The molecule has 4 nitrogen and oxygen atoms in total. The van der Waals surface area contributed by atoms with Gasteiger partial charge in [-0.2, -0.15) is 0 Å². The summed E-state index contributed by atoms with van der Waals surface area (Å²) in [6.45, 7) is 4.19. The van der Waals surface area contributed by atoms with Crippen LogP contribution in [0.4, 0.5) is 5.69 Å². The minimum atomic E-state index is -0.954. The van der Waals surface area contributed by atoms with E-state index in [2.05, 4.69) is 20.8 Å². The number of ether oxygens (including phenoxy) is 1. The number of carbonyl (C=O) groups is 1. The first-order valence-corrected chi connectivity index (χ1v) is 6.83. The van der Waals surface area contributed by atoms with Gasteiger partial charge in [0.15, 0.2) is 0 Å². The van der Waals surface area contributed by atoms with Crippen molar-refractivity contribution in [3.05, 3.63) is 34.3 Å². The van der Waals surface area contributed by atoms with Crippen LogP contribution in [-0.2, 0) is 9.53 Å². The molecule has 0 radical (unpaired) electrons. The van der Waals surface area contributed by atoms with E-state index in [0.29, 0.717) is 6.61 Å². The molecule has 0 saturated heterocycles. The molecule has 0 unspecified atom stereocenters. The summed E-state index contributed by atoms with van der Waals surface area (Å²) >= 11 is 3.45. The zero-order valence-corrected chi connectivity index (χ0v) is 12.7. The maximum absolute atomic E-state index is 10.5. The molecule has 1 aromatic rings. The molecule has 1 N–H and O–H groups in total. The second-order valence-electron chi connectivity index (χ2n) is 4.00. The predicted molar refractivity (Wildman–Crippen MR) is 80.6 cm³/mol. The van der Waals surface area contributed by atoms with Gasteiger partial charge in [-0.1, -0.05) is 22.0 Å². The highest BCUT2D eigenvalue weighted by molar-refractivity contribution is 9.10. The molecule has 1 aromatic carbocycles. The minimum Gasteiger partial charge on any atom is -0.478 e. The van der Waals surface area contributed by atoms with Crippen molar-refractivity contribution in [3.63, 3.8) is 0 Å². The molecular formula is C14H18BrNO3. The Hall–Kier alpha value is -1.33. The van der Waals surface area contributed by atoms with Gasteiger partial charge < -0.3 is 14.7 Å². The largest absolute Gasteiger partial charge is 0.478 e. The Morgan fingerprint density at radius 1 is 1.53 bits per heavy atom. The van der Waals surface area contributed by atoms with Gasteiger partial charge in [-0.25, -0.2) is 4.79 Å².